The van der Waals surface area contributed by atoms with Crippen molar-refractivity contribution in [3.05, 3.63) is 22.7 Å². The lowest BCUT2D eigenvalue weighted by atomic mass is 10.3. The van der Waals surface area contributed by atoms with Crippen molar-refractivity contribution in [1.29, 1.82) is 0 Å². The molecule has 0 aliphatic heterocycles. The lowest BCUT2D eigenvalue weighted by Gasteiger charge is -2.03. The van der Waals surface area contributed by atoms with Crippen molar-refractivity contribution >= 4 is 26.6 Å². The third kappa shape index (κ3) is 1.49. The molecule has 0 aliphatic carbocycles. The van der Waals surface area contributed by atoms with E-state index in [2.05, 4.69) is 0 Å². The Bertz CT molecular complexity index is 724. The van der Waals surface area contributed by atoms with Crippen LogP contribution < -0.4 is 11.5 Å². The van der Waals surface area contributed by atoms with Crippen LogP contribution in [0.5, 0.6) is 0 Å². The molecule has 16 heavy (non-hydrogen) atoms. The molecule has 2 rings (SSSR count). The molecule has 0 aliphatic rings. The summed E-state index contributed by atoms with van der Waals surface area (Å²) >= 11 is 0. The monoisotopic (exact) mass is 242 g/mol. The molecule has 1 heterocycles. The standard InChI is InChI=1S/C9H10N2O4S/c1-11-6-4-8(16(2,13)14)5(10)3-7(6)15-9(11)12/h3-4H,10H2,1-2H3. The topological polar surface area (TPSA) is 95.3 Å². The van der Waals surface area contributed by atoms with E-state index in [0.29, 0.717) is 5.52 Å². The number of hydrogen-bond acceptors (Lipinski definition) is 5. The first-order chi connectivity index (χ1) is 7.30. The molecule has 0 amide bonds. The minimum Gasteiger partial charge on any atom is -0.408 e. The third-order valence-electron chi connectivity index (χ3n) is 2.32. The van der Waals surface area contributed by atoms with Crippen molar-refractivity contribution in [1.82, 2.24) is 4.57 Å². The van der Waals surface area contributed by atoms with Crippen molar-refractivity contribution < 1.29 is 12.8 Å². The van der Waals surface area contributed by atoms with Gasteiger partial charge in [0, 0.05) is 19.4 Å². The Labute approximate surface area is 91.2 Å². The molecule has 0 unspecified atom stereocenters. The van der Waals surface area contributed by atoms with Gasteiger partial charge in [-0.1, -0.05) is 0 Å². The first-order valence-corrected chi connectivity index (χ1v) is 6.29. The Balaban J connectivity index is 2.95. The summed E-state index contributed by atoms with van der Waals surface area (Å²) in [4.78, 5) is 11.2. The molecule has 0 fully saturated rings. The van der Waals surface area contributed by atoms with E-state index in [1.807, 2.05) is 0 Å². The van der Waals surface area contributed by atoms with E-state index in [0.717, 1.165) is 6.26 Å². The van der Waals surface area contributed by atoms with Crippen molar-refractivity contribution in [3.8, 4) is 0 Å². The molecule has 2 aromatic rings. The number of aryl methyl sites for hydroxylation is 1. The SMILES string of the molecule is Cn1c(=O)oc2cc(N)c(S(C)(=O)=O)cc21. The van der Waals surface area contributed by atoms with Crippen LogP contribution in [-0.4, -0.2) is 19.2 Å². The van der Waals surface area contributed by atoms with Crippen LogP contribution in [0.3, 0.4) is 0 Å². The highest BCUT2D eigenvalue weighted by Crippen LogP contribution is 2.24. The number of sulfone groups is 1. The van der Waals surface area contributed by atoms with Gasteiger partial charge in [-0.05, 0) is 6.07 Å². The van der Waals surface area contributed by atoms with Crippen LogP contribution in [-0.2, 0) is 16.9 Å². The molecule has 1 aromatic carbocycles. The van der Waals surface area contributed by atoms with Crippen LogP contribution in [0.1, 0.15) is 0 Å². The maximum absolute atomic E-state index is 11.4. The zero-order valence-electron chi connectivity index (χ0n) is 8.72. The van der Waals surface area contributed by atoms with Gasteiger partial charge in [0.1, 0.15) is 0 Å². The first kappa shape index (κ1) is 10.7. The molecule has 2 N–H and O–H groups in total. The van der Waals surface area contributed by atoms with Crippen molar-refractivity contribution in [2.24, 2.45) is 7.05 Å². The number of oxazole rings is 1. The number of nitrogen functional groups attached to an aromatic ring is 1. The predicted molar refractivity (Wildman–Crippen MR) is 59.0 cm³/mol. The van der Waals surface area contributed by atoms with Gasteiger partial charge < -0.3 is 10.2 Å². The molecule has 86 valence electrons. The second kappa shape index (κ2) is 3.11. The Morgan fingerprint density at radius 2 is 2.00 bits per heavy atom. The number of nitrogens with two attached hydrogens (primary N) is 1. The molecule has 7 heteroatoms. The Kier molecular flexibility index (Phi) is 2.09. The van der Waals surface area contributed by atoms with Crippen LogP contribution in [0.15, 0.2) is 26.2 Å². The van der Waals surface area contributed by atoms with Gasteiger partial charge in [-0.3, -0.25) is 4.57 Å². The number of hydrogen-bond donors (Lipinski definition) is 1. The second-order valence-corrected chi connectivity index (χ2v) is 5.54. The number of nitrogens with zero attached hydrogens (tertiary/aromatic N) is 1. The lowest BCUT2D eigenvalue weighted by Crippen LogP contribution is -2.09. The zero-order valence-corrected chi connectivity index (χ0v) is 9.54. The summed E-state index contributed by atoms with van der Waals surface area (Å²) in [5, 5.41) is 0. The number of anilines is 1. The molecule has 0 spiro atoms. The summed E-state index contributed by atoms with van der Waals surface area (Å²) in [5.74, 6) is -0.556. The molecule has 0 saturated carbocycles. The van der Waals surface area contributed by atoms with E-state index in [1.165, 1.54) is 23.7 Å². The van der Waals surface area contributed by atoms with E-state index in [4.69, 9.17) is 10.2 Å². The van der Waals surface area contributed by atoms with Gasteiger partial charge in [0.15, 0.2) is 15.4 Å². The highest BCUT2D eigenvalue weighted by Gasteiger charge is 2.16. The van der Waals surface area contributed by atoms with Gasteiger partial charge in [0.25, 0.3) is 0 Å². The zero-order chi connectivity index (χ0) is 12.1. The van der Waals surface area contributed by atoms with Crippen molar-refractivity contribution in [2.75, 3.05) is 12.0 Å². The fourth-order valence-electron chi connectivity index (χ4n) is 1.49. The fourth-order valence-corrected chi connectivity index (χ4v) is 2.30. The van der Waals surface area contributed by atoms with Gasteiger partial charge in [-0.15, -0.1) is 0 Å². The van der Waals surface area contributed by atoms with Crippen LogP contribution in [0.25, 0.3) is 11.1 Å². The Hall–Kier alpha value is -1.76. The summed E-state index contributed by atoms with van der Waals surface area (Å²) in [7, 11) is -1.92. The van der Waals surface area contributed by atoms with Gasteiger partial charge >= 0.3 is 5.76 Å². The van der Waals surface area contributed by atoms with E-state index in [9.17, 15) is 13.2 Å². The van der Waals surface area contributed by atoms with Crippen LogP contribution in [0.4, 0.5) is 5.69 Å². The normalized spacial score (nSPS) is 12.1. The summed E-state index contributed by atoms with van der Waals surface area (Å²) in [6.07, 6.45) is 1.06. The maximum Gasteiger partial charge on any atom is 0.419 e. The van der Waals surface area contributed by atoms with E-state index in [-0.39, 0.29) is 16.2 Å². The number of rotatable bonds is 1. The van der Waals surface area contributed by atoms with Crippen LogP contribution in [0.2, 0.25) is 0 Å². The predicted octanol–water partition coefficient (Wildman–Crippen LogP) is 0.117. The highest BCUT2D eigenvalue weighted by atomic mass is 32.2. The first-order valence-electron chi connectivity index (χ1n) is 4.40. The smallest absolute Gasteiger partial charge is 0.408 e. The molecule has 0 saturated heterocycles. The highest BCUT2D eigenvalue weighted by molar-refractivity contribution is 7.90. The third-order valence-corrected chi connectivity index (χ3v) is 3.48. The number of aromatic nitrogens is 1. The van der Waals surface area contributed by atoms with Gasteiger partial charge in [-0.25, -0.2) is 13.2 Å². The van der Waals surface area contributed by atoms with E-state index < -0.39 is 15.6 Å². The Morgan fingerprint density at radius 3 is 2.56 bits per heavy atom. The van der Waals surface area contributed by atoms with E-state index in [1.54, 1.807) is 0 Å². The summed E-state index contributed by atoms with van der Waals surface area (Å²) < 4.78 is 28.9. The minimum absolute atomic E-state index is 0.00333. The molecule has 0 atom stereocenters. The largest absolute Gasteiger partial charge is 0.419 e. The summed E-state index contributed by atoms with van der Waals surface area (Å²) in [6, 6.07) is 2.68. The average molecular weight is 242 g/mol. The molecule has 0 bridgehead atoms. The Morgan fingerprint density at radius 1 is 1.38 bits per heavy atom. The van der Waals surface area contributed by atoms with Crippen LogP contribution >= 0.6 is 0 Å². The summed E-state index contributed by atoms with van der Waals surface area (Å²) in [5.41, 5.74) is 6.33. The fraction of sp³-hybridized carbons (Fsp3) is 0.222. The molecular weight excluding hydrogens is 232 g/mol. The second-order valence-electron chi connectivity index (χ2n) is 3.56. The number of fused-ring (bicyclic) bond motifs is 1. The molecular formula is C9H10N2O4S. The maximum atomic E-state index is 11.4. The van der Waals surface area contributed by atoms with Crippen LogP contribution in [0, 0.1) is 0 Å². The lowest BCUT2D eigenvalue weighted by molar-refractivity contribution is 0.528. The van der Waals surface area contributed by atoms with E-state index >= 15 is 0 Å². The molecule has 1 aromatic heterocycles. The molecule has 6 nitrogen and oxygen atoms in total. The average Bonchev–Trinajstić information content (AvgIpc) is 2.39. The quantitative estimate of drug-likeness (QED) is 0.716. The van der Waals surface area contributed by atoms with Gasteiger partial charge in [0.05, 0.1) is 16.1 Å². The molecule has 0 radical (unpaired) electrons. The number of benzene rings is 1. The van der Waals surface area contributed by atoms with Crippen molar-refractivity contribution in [2.45, 2.75) is 4.90 Å². The van der Waals surface area contributed by atoms with Gasteiger partial charge in [0.2, 0.25) is 0 Å². The van der Waals surface area contributed by atoms with Crippen molar-refractivity contribution in [3.63, 3.8) is 0 Å². The van der Waals surface area contributed by atoms with Gasteiger partial charge in [-0.2, -0.15) is 0 Å². The minimum atomic E-state index is -3.41. The summed E-state index contributed by atoms with van der Waals surface area (Å²) in [6.45, 7) is 0.